The zero-order valence-corrected chi connectivity index (χ0v) is 33.0. The van der Waals surface area contributed by atoms with Crippen molar-refractivity contribution in [1.29, 1.82) is 0 Å². The second-order valence-corrected chi connectivity index (χ2v) is 15.7. The van der Waals surface area contributed by atoms with Gasteiger partial charge in [0.2, 0.25) is 0 Å². The minimum Gasteiger partial charge on any atom is -0.496 e. The molecule has 272 valence electrons. The van der Waals surface area contributed by atoms with Gasteiger partial charge in [0.1, 0.15) is 23.0 Å². The van der Waals surface area contributed by atoms with E-state index in [0.29, 0.717) is 0 Å². The van der Waals surface area contributed by atoms with Gasteiger partial charge in [-0.15, -0.1) is 0 Å². The third-order valence-corrected chi connectivity index (χ3v) is 12.0. The topological polar surface area (TPSA) is 36.9 Å². The van der Waals surface area contributed by atoms with E-state index in [2.05, 4.69) is 70.1 Å². The summed E-state index contributed by atoms with van der Waals surface area (Å²) in [6.07, 6.45) is 0. The molecule has 8 aromatic rings. The van der Waals surface area contributed by atoms with E-state index in [1.165, 1.54) is 0 Å². The van der Waals surface area contributed by atoms with Gasteiger partial charge in [-0.25, -0.2) is 0 Å². The highest BCUT2D eigenvalue weighted by Gasteiger charge is 2.27. The first-order valence-electron chi connectivity index (χ1n) is 18.4. The number of methoxy groups -OCH3 is 4. The Balaban J connectivity index is 1.43. The number of hydrogen-bond acceptors (Lipinski definition) is 4. The summed E-state index contributed by atoms with van der Waals surface area (Å²) in [5.41, 5.74) is 18.0. The molecule has 0 aliphatic carbocycles. The number of benzene rings is 8. The van der Waals surface area contributed by atoms with Gasteiger partial charge in [-0.05, 0) is 48.5 Å². The van der Waals surface area contributed by atoms with Crippen LogP contribution in [0.25, 0.3) is 43.1 Å². The SMILES string of the molecule is COc1ccc(C#C[Si](C#Cc2ccc(OC)c3ccccc23)(C#Cc2ccc(OC)c3ccccc23)C#Cc2ccc(OC)c3ccccc23)c2ccccc12. The van der Waals surface area contributed by atoms with Crippen molar-refractivity contribution in [3.05, 3.63) is 168 Å². The van der Waals surface area contributed by atoms with E-state index in [1.807, 2.05) is 121 Å². The molecule has 4 nitrogen and oxygen atoms in total. The van der Waals surface area contributed by atoms with Crippen molar-refractivity contribution in [1.82, 2.24) is 0 Å². The third-order valence-electron chi connectivity index (χ3n) is 9.95. The van der Waals surface area contributed by atoms with Crippen LogP contribution in [0.2, 0.25) is 0 Å². The fourth-order valence-electron chi connectivity index (χ4n) is 7.07. The van der Waals surface area contributed by atoms with Crippen LogP contribution in [0, 0.1) is 45.9 Å². The van der Waals surface area contributed by atoms with Crippen LogP contribution in [-0.4, -0.2) is 36.5 Å². The summed E-state index contributed by atoms with van der Waals surface area (Å²) in [6.45, 7) is 0. The summed E-state index contributed by atoms with van der Waals surface area (Å²) >= 11 is 0. The van der Waals surface area contributed by atoms with E-state index in [4.69, 9.17) is 18.9 Å². The van der Waals surface area contributed by atoms with Crippen molar-refractivity contribution in [2.45, 2.75) is 0 Å². The molecule has 5 heteroatoms. The highest BCUT2D eigenvalue weighted by Crippen LogP contribution is 2.31. The van der Waals surface area contributed by atoms with Gasteiger partial charge in [0, 0.05) is 65.3 Å². The molecule has 0 unspecified atom stereocenters. The lowest BCUT2D eigenvalue weighted by Crippen LogP contribution is -2.29. The molecule has 57 heavy (non-hydrogen) atoms. The molecule has 0 atom stereocenters. The first kappa shape index (κ1) is 36.4. The van der Waals surface area contributed by atoms with Crippen LogP contribution in [-0.2, 0) is 0 Å². The average Bonchev–Trinajstić information content (AvgIpc) is 3.28. The van der Waals surface area contributed by atoms with Gasteiger partial charge in [-0.2, -0.15) is 0 Å². The number of fused-ring (bicyclic) bond motifs is 4. The van der Waals surface area contributed by atoms with Gasteiger partial charge in [-0.3, -0.25) is 0 Å². The molecule has 0 amide bonds. The second kappa shape index (κ2) is 16.1. The second-order valence-electron chi connectivity index (χ2n) is 13.2. The maximum atomic E-state index is 5.71. The molecule has 0 radical (unpaired) electrons. The molecule has 8 rings (SSSR count). The van der Waals surface area contributed by atoms with Gasteiger partial charge in [0.25, 0.3) is 0 Å². The van der Waals surface area contributed by atoms with Crippen molar-refractivity contribution in [2.75, 3.05) is 28.4 Å². The molecular formula is C52H36O4Si. The van der Waals surface area contributed by atoms with E-state index in [0.717, 1.165) is 88.3 Å². The third kappa shape index (κ3) is 7.21. The highest BCUT2D eigenvalue weighted by molar-refractivity contribution is 7.06. The Hall–Kier alpha value is -7.54. The summed E-state index contributed by atoms with van der Waals surface area (Å²) in [7, 11) is 3.19. The Morgan fingerprint density at radius 1 is 0.281 bits per heavy atom. The molecule has 0 aliphatic rings. The predicted octanol–water partition coefficient (Wildman–Crippen LogP) is 10.4. The van der Waals surface area contributed by atoms with E-state index in [-0.39, 0.29) is 0 Å². The molecular weight excluding hydrogens is 717 g/mol. The van der Waals surface area contributed by atoms with E-state index < -0.39 is 8.07 Å². The van der Waals surface area contributed by atoms with Crippen LogP contribution in [0.4, 0.5) is 0 Å². The Morgan fingerprint density at radius 3 is 0.702 bits per heavy atom. The zero-order valence-electron chi connectivity index (χ0n) is 32.0. The van der Waals surface area contributed by atoms with E-state index in [1.54, 1.807) is 28.4 Å². The van der Waals surface area contributed by atoms with Crippen LogP contribution in [0.5, 0.6) is 23.0 Å². The lowest BCUT2D eigenvalue weighted by molar-refractivity contribution is 0.419. The summed E-state index contributed by atoms with van der Waals surface area (Å²) < 4.78 is 22.8. The monoisotopic (exact) mass is 752 g/mol. The largest absolute Gasteiger partial charge is 0.496 e. The molecule has 0 N–H and O–H groups in total. The Kier molecular flexibility index (Phi) is 10.3. The normalized spacial score (nSPS) is 10.6. The first-order chi connectivity index (χ1) is 28.0. The van der Waals surface area contributed by atoms with Gasteiger partial charge in [0.15, 0.2) is 0 Å². The van der Waals surface area contributed by atoms with E-state index in [9.17, 15) is 0 Å². The Labute approximate surface area is 334 Å². The standard InChI is InChI=1S/C52H36O4Si/c1-53-49-25-21-37(41-13-5-9-17-45(41)49)29-33-57(34-30-38-22-26-50(54-2)46-18-10-6-14-42(38)46,35-31-39-23-27-51(55-3)47-19-11-7-15-43(39)47)36-32-40-24-28-52(56-4)48-20-12-8-16-44(40)48/h5-28H,1-4H3. The molecule has 0 fully saturated rings. The van der Waals surface area contributed by atoms with Crippen LogP contribution >= 0.6 is 0 Å². The lowest BCUT2D eigenvalue weighted by Gasteiger charge is -2.10. The summed E-state index contributed by atoms with van der Waals surface area (Å²) in [5, 5.41) is 7.80. The van der Waals surface area contributed by atoms with Gasteiger partial charge in [-0.1, -0.05) is 143 Å². The predicted molar refractivity (Wildman–Crippen MR) is 235 cm³/mol. The van der Waals surface area contributed by atoms with Crippen LogP contribution in [0.15, 0.2) is 146 Å². The maximum absolute atomic E-state index is 5.71. The minimum absolute atomic E-state index is 0.781. The molecule has 0 saturated heterocycles. The van der Waals surface area contributed by atoms with Crippen molar-refractivity contribution < 1.29 is 18.9 Å². The highest BCUT2D eigenvalue weighted by atomic mass is 28.3. The quantitative estimate of drug-likeness (QED) is 0.133. The Morgan fingerprint density at radius 2 is 0.491 bits per heavy atom. The number of rotatable bonds is 4. The molecule has 0 heterocycles. The van der Waals surface area contributed by atoms with Gasteiger partial charge >= 0.3 is 8.07 Å². The fraction of sp³-hybridized carbons (Fsp3) is 0.0769. The van der Waals surface area contributed by atoms with Gasteiger partial charge < -0.3 is 18.9 Å². The van der Waals surface area contributed by atoms with E-state index >= 15 is 0 Å². The molecule has 0 bridgehead atoms. The number of ether oxygens (including phenoxy) is 4. The van der Waals surface area contributed by atoms with Crippen LogP contribution in [0.3, 0.4) is 0 Å². The van der Waals surface area contributed by atoms with Crippen molar-refractivity contribution in [2.24, 2.45) is 0 Å². The smallest absolute Gasteiger partial charge is 0.370 e. The van der Waals surface area contributed by atoms with Crippen molar-refractivity contribution in [3.8, 4) is 68.9 Å². The fourth-order valence-corrected chi connectivity index (χ4v) is 8.73. The molecule has 0 aromatic heterocycles. The lowest BCUT2D eigenvalue weighted by atomic mass is 10.0. The number of hydrogen-bond donors (Lipinski definition) is 0. The molecule has 0 spiro atoms. The molecule has 8 aromatic carbocycles. The summed E-state index contributed by atoms with van der Waals surface area (Å²) in [5.74, 6) is 17.3. The average molecular weight is 753 g/mol. The minimum atomic E-state index is -3.53. The zero-order chi connectivity index (χ0) is 39.2. The molecule has 0 aliphatic heterocycles. The van der Waals surface area contributed by atoms with Crippen LogP contribution in [0.1, 0.15) is 22.3 Å². The molecule has 0 saturated carbocycles. The summed E-state index contributed by atoms with van der Waals surface area (Å²) in [4.78, 5) is 0. The maximum Gasteiger partial charge on any atom is 0.370 e. The Bertz CT molecular complexity index is 2690. The summed E-state index contributed by atoms with van der Waals surface area (Å²) in [6, 6.07) is 48.2. The van der Waals surface area contributed by atoms with Crippen LogP contribution < -0.4 is 18.9 Å². The van der Waals surface area contributed by atoms with Gasteiger partial charge in [0.05, 0.1) is 28.4 Å². The van der Waals surface area contributed by atoms with Crippen molar-refractivity contribution in [3.63, 3.8) is 0 Å². The first-order valence-corrected chi connectivity index (χ1v) is 20.4. The van der Waals surface area contributed by atoms with Crippen molar-refractivity contribution >= 4 is 51.2 Å².